The van der Waals surface area contributed by atoms with Crippen molar-refractivity contribution >= 4 is 39.5 Å². The standard InChI is InChI=1S/C22H19N4OS/c23-17-6-2-4-8-20(17)26(10-9-19-21(13-26)28-14-25-19)22(27)16-11-15-5-1-3-7-18(15)24-12-16/h1-8,11-12,14H,9-10,13,23H2/q+1. The Morgan fingerprint density at radius 2 is 1.89 bits per heavy atom. The Balaban J connectivity index is 1.68. The molecule has 1 aliphatic rings. The first-order valence-corrected chi connectivity index (χ1v) is 10.1. The molecule has 0 saturated heterocycles. The summed E-state index contributed by atoms with van der Waals surface area (Å²) >= 11 is 1.61. The molecular weight excluding hydrogens is 368 g/mol. The number of pyridine rings is 1. The number of hydrogen-bond donors (Lipinski definition) is 1. The van der Waals surface area contributed by atoms with Crippen molar-refractivity contribution < 1.29 is 4.79 Å². The normalized spacial score (nSPS) is 18.7. The lowest BCUT2D eigenvalue weighted by molar-refractivity contribution is 0.0744. The number of amides is 1. The molecule has 28 heavy (non-hydrogen) atoms. The van der Waals surface area contributed by atoms with Crippen LogP contribution in [0.2, 0.25) is 0 Å². The molecule has 1 unspecified atom stereocenters. The number of rotatable bonds is 2. The highest BCUT2D eigenvalue weighted by Crippen LogP contribution is 2.38. The molecule has 0 fully saturated rings. The molecule has 5 rings (SSSR count). The number of nitrogens with zero attached hydrogens (tertiary/aromatic N) is 3. The van der Waals surface area contributed by atoms with Crippen LogP contribution in [-0.4, -0.2) is 22.4 Å². The number of carbonyl (C=O) groups is 1. The maximum Gasteiger partial charge on any atom is 0.352 e. The highest BCUT2D eigenvalue weighted by Gasteiger charge is 2.45. The topological polar surface area (TPSA) is 68.9 Å². The van der Waals surface area contributed by atoms with Crippen molar-refractivity contribution in [3.63, 3.8) is 0 Å². The van der Waals surface area contributed by atoms with Gasteiger partial charge >= 0.3 is 5.91 Å². The molecule has 0 aliphatic carbocycles. The molecule has 1 aliphatic heterocycles. The highest BCUT2D eigenvalue weighted by atomic mass is 32.1. The van der Waals surface area contributed by atoms with E-state index in [9.17, 15) is 4.79 Å². The minimum absolute atomic E-state index is 0.0233. The minimum Gasteiger partial charge on any atom is -0.394 e. The number of benzene rings is 2. The van der Waals surface area contributed by atoms with E-state index in [0.29, 0.717) is 24.3 Å². The van der Waals surface area contributed by atoms with Crippen LogP contribution in [0, 0.1) is 0 Å². The van der Waals surface area contributed by atoms with Gasteiger partial charge in [0.15, 0.2) is 5.69 Å². The van der Waals surface area contributed by atoms with Gasteiger partial charge in [-0.15, -0.1) is 11.3 Å². The largest absolute Gasteiger partial charge is 0.394 e. The molecule has 2 N–H and O–H groups in total. The third-order valence-corrected chi connectivity index (χ3v) is 6.35. The van der Waals surface area contributed by atoms with Gasteiger partial charge in [-0.05, 0) is 18.2 Å². The molecule has 3 heterocycles. The van der Waals surface area contributed by atoms with Crippen molar-refractivity contribution in [2.45, 2.75) is 13.0 Å². The highest BCUT2D eigenvalue weighted by molar-refractivity contribution is 7.09. The lowest BCUT2D eigenvalue weighted by Crippen LogP contribution is -2.56. The van der Waals surface area contributed by atoms with E-state index in [1.165, 1.54) is 0 Å². The molecule has 0 spiro atoms. The molecule has 6 heteroatoms. The summed E-state index contributed by atoms with van der Waals surface area (Å²) in [6.07, 6.45) is 2.44. The molecule has 1 atom stereocenters. The average Bonchev–Trinajstić information content (AvgIpc) is 3.20. The molecule has 5 nitrogen and oxygen atoms in total. The predicted molar refractivity (Wildman–Crippen MR) is 113 cm³/mol. The number of fused-ring (bicyclic) bond motifs is 2. The second-order valence-electron chi connectivity index (χ2n) is 7.10. The van der Waals surface area contributed by atoms with Gasteiger partial charge < -0.3 is 5.73 Å². The Labute approximate surface area is 166 Å². The third-order valence-electron chi connectivity index (χ3n) is 5.49. The van der Waals surface area contributed by atoms with Crippen LogP contribution in [0.5, 0.6) is 0 Å². The van der Waals surface area contributed by atoms with E-state index in [-0.39, 0.29) is 10.4 Å². The zero-order valence-electron chi connectivity index (χ0n) is 15.2. The summed E-state index contributed by atoms with van der Waals surface area (Å²) in [4.78, 5) is 24.0. The van der Waals surface area contributed by atoms with Crippen LogP contribution in [0.25, 0.3) is 10.9 Å². The number of nitrogens with two attached hydrogens (primary N) is 1. The Hall–Kier alpha value is -3.09. The first-order chi connectivity index (χ1) is 13.7. The summed E-state index contributed by atoms with van der Waals surface area (Å²) in [6.45, 7) is 1.20. The number of hydrogen-bond acceptors (Lipinski definition) is 5. The van der Waals surface area contributed by atoms with Crippen LogP contribution in [-0.2, 0) is 13.0 Å². The fourth-order valence-corrected chi connectivity index (χ4v) is 4.94. The van der Waals surface area contributed by atoms with Crippen molar-refractivity contribution in [3.8, 4) is 0 Å². The summed E-state index contributed by atoms with van der Waals surface area (Å²) in [5.41, 5.74) is 12.3. The van der Waals surface area contributed by atoms with Gasteiger partial charge in [-0.25, -0.2) is 14.3 Å². The zero-order chi connectivity index (χ0) is 19.1. The van der Waals surface area contributed by atoms with Crippen molar-refractivity contribution in [1.29, 1.82) is 0 Å². The third kappa shape index (κ3) is 2.61. The second kappa shape index (κ2) is 6.51. The van der Waals surface area contributed by atoms with Crippen LogP contribution in [0.4, 0.5) is 11.4 Å². The summed E-state index contributed by atoms with van der Waals surface area (Å²) < 4.78 is 0.169. The number of thiazole rings is 1. The van der Waals surface area contributed by atoms with Crippen molar-refractivity contribution in [2.24, 2.45) is 0 Å². The fourth-order valence-electron chi connectivity index (χ4n) is 4.05. The summed E-state index contributed by atoms with van der Waals surface area (Å²) in [5.74, 6) is 0.0233. The molecule has 2 aromatic carbocycles. The second-order valence-corrected chi connectivity index (χ2v) is 8.04. The van der Waals surface area contributed by atoms with E-state index in [0.717, 1.165) is 33.6 Å². The van der Waals surface area contributed by atoms with Crippen LogP contribution in [0.1, 0.15) is 20.9 Å². The Morgan fingerprint density at radius 3 is 2.79 bits per heavy atom. The van der Waals surface area contributed by atoms with Crippen LogP contribution in [0.3, 0.4) is 0 Å². The smallest absolute Gasteiger partial charge is 0.352 e. The minimum atomic E-state index is 0.0233. The van der Waals surface area contributed by atoms with Crippen molar-refractivity contribution in [3.05, 3.63) is 82.4 Å². The van der Waals surface area contributed by atoms with Gasteiger partial charge in [-0.2, -0.15) is 0 Å². The summed E-state index contributed by atoms with van der Waals surface area (Å²) in [5, 5.41) is 0.961. The van der Waals surface area contributed by atoms with Gasteiger partial charge in [0.25, 0.3) is 0 Å². The maximum absolute atomic E-state index is 13.9. The summed E-state index contributed by atoms with van der Waals surface area (Å²) in [7, 11) is 0. The van der Waals surface area contributed by atoms with Gasteiger partial charge in [0.05, 0.1) is 39.4 Å². The van der Waals surface area contributed by atoms with Crippen molar-refractivity contribution in [1.82, 2.24) is 14.5 Å². The van der Waals surface area contributed by atoms with E-state index < -0.39 is 0 Å². The van der Waals surface area contributed by atoms with Crippen LogP contribution >= 0.6 is 11.3 Å². The van der Waals surface area contributed by atoms with E-state index in [2.05, 4.69) is 9.97 Å². The van der Waals surface area contributed by atoms with Gasteiger partial charge in [-0.3, -0.25) is 4.98 Å². The van der Waals surface area contributed by atoms with Gasteiger partial charge in [-0.1, -0.05) is 30.3 Å². The van der Waals surface area contributed by atoms with E-state index in [1.54, 1.807) is 17.5 Å². The number of carbonyl (C=O) groups excluding carboxylic acids is 1. The summed E-state index contributed by atoms with van der Waals surface area (Å²) in [6, 6.07) is 17.5. The number of anilines is 1. The Morgan fingerprint density at radius 1 is 1.07 bits per heavy atom. The molecular formula is C22H19N4OS+. The van der Waals surface area contributed by atoms with Crippen LogP contribution < -0.4 is 10.2 Å². The quantitative estimate of drug-likeness (QED) is 0.414. The van der Waals surface area contributed by atoms with E-state index in [1.807, 2.05) is 60.1 Å². The first-order valence-electron chi connectivity index (χ1n) is 9.20. The number of nitrogen functional groups attached to an aromatic ring is 1. The first kappa shape index (κ1) is 17.0. The lowest BCUT2D eigenvalue weighted by Gasteiger charge is -2.38. The van der Waals surface area contributed by atoms with E-state index >= 15 is 0 Å². The zero-order valence-corrected chi connectivity index (χ0v) is 16.0. The fraction of sp³-hybridized carbons (Fsp3) is 0.136. The van der Waals surface area contributed by atoms with Gasteiger partial charge in [0.1, 0.15) is 6.54 Å². The molecule has 0 saturated carbocycles. The number of quaternary nitrogens is 1. The molecule has 4 aromatic rings. The Bertz CT molecular complexity index is 1200. The molecule has 138 valence electrons. The maximum atomic E-state index is 13.9. The number of aromatic nitrogens is 2. The molecule has 0 bridgehead atoms. The Kier molecular flexibility index (Phi) is 3.96. The molecule has 0 radical (unpaired) electrons. The van der Waals surface area contributed by atoms with Crippen LogP contribution in [0.15, 0.2) is 66.3 Å². The van der Waals surface area contributed by atoms with Gasteiger partial charge in [0.2, 0.25) is 0 Å². The van der Waals surface area contributed by atoms with E-state index in [4.69, 9.17) is 5.73 Å². The van der Waals surface area contributed by atoms with Crippen molar-refractivity contribution in [2.75, 3.05) is 12.3 Å². The average molecular weight is 387 g/mol. The van der Waals surface area contributed by atoms with Gasteiger partial charge in [0, 0.05) is 24.1 Å². The predicted octanol–water partition coefficient (Wildman–Crippen LogP) is 4.18. The monoisotopic (exact) mass is 387 g/mol. The number of para-hydroxylation sites is 3. The SMILES string of the molecule is Nc1ccccc1[N+]1(C(=O)c2cnc3ccccc3c2)CCc2ncsc2C1. The molecule has 2 aromatic heterocycles. The lowest BCUT2D eigenvalue weighted by atomic mass is 10.0. The molecule has 1 amide bonds.